The average molecular weight is 403 g/mol. The maximum atomic E-state index is 12.8. The van der Waals surface area contributed by atoms with E-state index in [0.29, 0.717) is 22.4 Å². The van der Waals surface area contributed by atoms with E-state index in [4.69, 9.17) is 10.1 Å². The second kappa shape index (κ2) is 7.31. The molecule has 0 aromatic heterocycles. The molecular formula is C18H17N3O6S. The van der Waals surface area contributed by atoms with Gasteiger partial charge in [-0.3, -0.25) is 20.3 Å². The van der Waals surface area contributed by atoms with Gasteiger partial charge >= 0.3 is 6.47 Å². The van der Waals surface area contributed by atoms with Crippen molar-refractivity contribution in [2.45, 2.75) is 17.6 Å². The number of hydrogen-bond donors (Lipinski definition) is 3. The van der Waals surface area contributed by atoms with Gasteiger partial charge < -0.3 is 9.57 Å². The lowest BCUT2D eigenvalue weighted by Gasteiger charge is -2.22. The van der Waals surface area contributed by atoms with E-state index >= 15 is 0 Å². The minimum absolute atomic E-state index is 0.0459. The second-order valence-corrected chi connectivity index (χ2v) is 8.05. The number of fused-ring (bicyclic) bond motifs is 3. The molecule has 146 valence electrons. The largest absolute Gasteiger partial charge is 0.497 e. The molecule has 0 bridgehead atoms. The minimum atomic E-state index is -3.67. The van der Waals surface area contributed by atoms with Gasteiger partial charge in [-0.2, -0.15) is 5.48 Å². The minimum Gasteiger partial charge on any atom is -0.497 e. The standard InChI is InChI=1S/C18H17N3O6S/c1-10-5-15-13-4-3-12(26-2)6-11(13)8-28(24,25)16(15)7-14(10)17(23)20-18(19)21-27-9-22/h3-7,9H,8H2,1-2H3,(H3,19,20,21,23). The van der Waals surface area contributed by atoms with Gasteiger partial charge in [-0.15, -0.1) is 0 Å². The second-order valence-electron chi connectivity index (χ2n) is 6.09. The number of aryl methyl sites for hydroxylation is 1. The summed E-state index contributed by atoms with van der Waals surface area (Å²) in [6.07, 6.45) is 0. The number of benzene rings is 2. The Balaban J connectivity index is 2.05. The lowest BCUT2D eigenvalue weighted by molar-refractivity contribution is -0.132. The number of guanidine groups is 1. The summed E-state index contributed by atoms with van der Waals surface area (Å²) in [6, 6.07) is 8.15. The molecule has 0 saturated heterocycles. The number of nitrogens with one attached hydrogen (secondary N) is 3. The van der Waals surface area contributed by atoms with Crippen molar-refractivity contribution in [2.24, 2.45) is 0 Å². The molecule has 1 amide bonds. The highest BCUT2D eigenvalue weighted by atomic mass is 32.2. The third-order valence-corrected chi connectivity index (χ3v) is 6.00. The number of hydrogen-bond acceptors (Lipinski definition) is 7. The van der Waals surface area contributed by atoms with Crippen molar-refractivity contribution in [2.75, 3.05) is 7.11 Å². The fraction of sp³-hybridized carbons (Fsp3) is 0.167. The summed E-state index contributed by atoms with van der Waals surface area (Å²) >= 11 is 0. The van der Waals surface area contributed by atoms with E-state index < -0.39 is 21.7 Å². The van der Waals surface area contributed by atoms with E-state index in [1.54, 1.807) is 31.2 Å². The van der Waals surface area contributed by atoms with Crippen LogP contribution in [0, 0.1) is 12.3 Å². The first-order valence-electron chi connectivity index (χ1n) is 8.06. The van der Waals surface area contributed by atoms with Crippen molar-refractivity contribution < 1.29 is 27.6 Å². The van der Waals surface area contributed by atoms with Gasteiger partial charge in [0.25, 0.3) is 5.91 Å². The summed E-state index contributed by atoms with van der Waals surface area (Å²) in [4.78, 5) is 26.8. The summed E-state index contributed by atoms with van der Waals surface area (Å²) < 4.78 is 30.8. The zero-order valence-corrected chi connectivity index (χ0v) is 15.8. The quantitative estimate of drug-likeness (QED) is 0.303. The molecule has 3 rings (SSSR count). The van der Waals surface area contributed by atoms with Crippen molar-refractivity contribution in [1.29, 1.82) is 5.41 Å². The molecule has 3 N–H and O–H groups in total. The van der Waals surface area contributed by atoms with Crippen LogP contribution in [0.4, 0.5) is 0 Å². The van der Waals surface area contributed by atoms with E-state index in [0.717, 1.165) is 5.56 Å². The number of rotatable bonds is 4. The number of amides is 1. The number of sulfone groups is 1. The van der Waals surface area contributed by atoms with Gasteiger partial charge in [0.15, 0.2) is 9.84 Å². The van der Waals surface area contributed by atoms with Crippen LogP contribution < -0.4 is 15.5 Å². The molecule has 0 aliphatic carbocycles. The van der Waals surface area contributed by atoms with Crippen molar-refractivity contribution in [1.82, 2.24) is 10.8 Å². The molecule has 0 unspecified atom stereocenters. The van der Waals surface area contributed by atoms with Crippen LogP contribution in [0.25, 0.3) is 11.1 Å². The molecule has 2 aromatic carbocycles. The zero-order valence-electron chi connectivity index (χ0n) is 15.0. The van der Waals surface area contributed by atoms with Crippen LogP contribution in [0.2, 0.25) is 0 Å². The topological polar surface area (TPSA) is 135 Å². The first kappa shape index (κ1) is 19.4. The molecule has 1 aliphatic heterocycles. The Morgan fingerprint density at radius 3 is 2.64 bits per heavy atom. The number of carbonyl (C=O) groups is 2. The van der Waals surface area contributed by atoms with Crippen LogP contribution in [0.15, 0.2) is 35.2 Å². The third-order valence-electron chi connectivity index (χ3n) is 4.30. The van der Waals surface area contributed by atoms with Gasteiger partial charge in [0.05, 0.1) is 17.8 Å². The van der Waals surface area contributed by atoms with Gasteiger partial charge in [0, 0.05) is 11.1 Å². The molecule has 9 nitrogen and oxygen atoms in total. The molecule has 0 atom stereocenters. The van der Waals surface area contributed by atoms with Gasteiger partial charge in [0.2, 0.25) is 5.96 Å². The molecule has 0 fully saturated rings. The van der Waals surface area contributed by atoms with Crippen LogP contribution in [0.1, 0.15) is 21.5 Å². The Hall–Kier alpha value is -3.40. The summed E-state index contributed by atoms with van der Waals surface area (Å²) in [5.41, 5.74) is 4.42. The van der Waals surface area contributed by atoms with E-state index in [2.05, 4.69) is 10.2 Å². The first-order chi connectivity index (χ1) is 13.3. The number of carbonyl (C=O) groups excluding carboxylic acids is 2. The number of hydroxylamine groups is 1. The van der Waals surface area contributed by atoms with Gasteiger partial charge in [-0.1, -0.05) is 6.07 Å². The molecule has 0 saturated carbocycles. The predicted octanol–water partition coefficient (Wildman–Crippen LogP) is 1.30. The summed E-state index contributed by atoms with van der Waals surface area (Å²) in [5, 5.41) is 9.66. The summed E-state index contributed by atoms with van der Waals surface area (Å²) in [6.45, 7) is 1.72. The summed E-state index contributed by atoms with van der Waals surface area (Å²) in [5.74, 6) is -0.910. The highest BCUT2D eigenvalue weighted by molar-refractivity contribution is 7.90. The molecule has 1 heterocycles. The molecule has 1 aliphatic rings. The third kappa shape index (κ3) is 3.54. The first-order valence-corrected chi connectivity index (χ1v) is 9.72. The van der Waals surface area contributed by atoms with Gasteiger partial charge in [-0.25, -0.2) is 8.42 Å². The molecule has 10 heteroatoms. The Morgan fingerprint density at radius 1 is 1.21 bits per heavy atom. The molecule has 28 heavy (non-hydrogen) atoms. The van der Waals surface area contributed by atoms with Gasteiger partial charge in [-0.05, 0) is 47.9 Å². The van der Waals surface area contributed by atoms with Crippen LogP contribution in [0.5, 0.6) is 5.75 Å². The Kier molecular flexibility index (Phi) is 5.06. The number of methoxy groups -OCH3 is 1. The van der Waals surface area contributed by atoms with E-state index in [-0.39, 0.29) is 22.7 Å². The van der Waals surface area contributed by atoms with Crippen LogP contribution in [0.3, 0.4) is 0 Å². The van der Waals surface area contributed by atoms with Crippen molar-refractivity contribution in [3.63, 3.8) is 0 Å². The van der Waals surface area contributed by atoms with Crippen LogP contribution in [-0.2, 0) is 25.2 Å². The Morgan fingerprint density at radius 2 is 1.96 bits per heavy atom. The predicted molar refractivity (Wildman–Crippen MR) is 99.5 cm³/mol. The van der Waals surface area contributed by atoms with Crippen molar-refractivity contribution >= 4 is 28.2 Å². The molecule has 0 spiro atoms. The Labute approximate surface area is 161 Å². The van der Waals surface area contributed by atoms with Crippen LogP contribution >= 0.6 is 0 Å². The average Bonchev–Trinajstić information content (AvgIpc) is 2.64. The van der Waals surface area contributed by atoms with E-state index in [1.165, 1.54) is 13.2 Å². The summed E-state index contributed by atoms with van der Waals surface area (Å²) in [7, 11) is -2.16. The Bertz CT molecular complexity index is 1090. The molecule has 0 radical (unpaired) electrons. The molecular weight excluding hydrogens is 386 g/mol. The zero-order chi connectivity index (χ0) is 20.5. The maximum absolute atomic E-state index is 12.8. The van der Waals surface area contributed by atoms with Crippen molar-refractivity contribution in [3.05, 3.63) is 47.0 Å². The fourth-order valence-corrected chi connectivity index (χ4v) is 4.66. The smallest absolute Gasteiger partial charge is 0.320 e. The monoisotopic (exact) mass is 403 g/mol. The highest BCUT2D eigenvalue weighted by Gasteiger charge is 2.30. The molecule has 2 aromatic rings. The van der Waals surface area contributed by atoms with E-state index in [9.17, 15) is 18.0 Å². The fourth-order valence-electron chi connectivity index (χ4n) is 3.05. The maximum Gasteiger partial charge on any atom is 0.320 e. The SMILES string of the molecule is COc1ccc2c(c1)CS(=O)(=O)c1cc(C(=O)NC(=N)NOC=O)c(C)cc1-2. The van der Waals surface area contributed by atoms with Gasteiger partial charge in [0.1, 0.15) is 5.75 Å². The van der Waals surface area contributed by atoms with Crippen molar-refractivity contribution in [3.8, 4) is 16.9 Å². The lowest BCUT2D eigenvalue weighted by atomic mass is 9.95. The normalized spacial score (nSPS) is 13.5. The number of ether oxygens (including phenoxy) is 1. The van der Waals surface area contributed by atoms with E-state index in [1.807, 2.05) is 5.48 Å². The van der Waals surface area contributed by atoms with Crippen LogP contribution in [-0.4, -0.2) is 33.9 Å². The highest BCUT2D eigenvalue weighted by Crippen LogP contribution is 2.40. The lowest BCUT2D eigenvalue weighted by Crippen LogP contribution is -2.40.